The number of hydrogen-bond acceptors (Lipinski definition) is 4. The molecule has 2 unspecified atom stereocenters. The molecular weight excluding hydrogens is 260 g/mol. The number of aromatic nitrogens is 1. The van der Waals surface area contributed by atoms with Crippen molar-refractivity contribution in [1.82, 2.24) is 4.98 Å². The lowest BCUT2D eigenvalue weighted by atomic mass is 9.95. The summed E-state index contributed by atoms with van der Waals surface area (Å²) < 4.78 is 0. The van der Waals surface area contributed by atoms with Crippen molar-refractivity contribution in [1.29, 1.82) is 0 Å². The highest BCUT2D eigenvalue weighted by Crippen LogP contribution is 2.28. The second-order valence-electron chi connectivity index (χ2n) is 4.31. The van der Waals surface area contributed by atoms with Crippen LogP contribution in [0.5, 0.6) is 0 Å². The van der Waals surface area contributed by atoms with Crippen LogP contribution in [-0.2, 0) is 4.79 Å². The molecule has 6 heteroatoms. The van der Waals surface area contributed by atoms with Crippen molar-refractivity contribution in [3.63, 3.8) is 0 Å². The summed E-state index contributed by atoms with van der Waals surface area (Å²) in [6, 6.07) is -0.0304. The van der Waals surface area contributed by atoms with Crippen molar-refractivity contribution < 1.29 is 9.90 Å². The Balaban J connectivity index is 2.07. The lowest BCUT2D eigenvalue weighted by Gasteiger charge is -2.22. The summed E-state index contributed by atoms with van der Waals surface area (Å²) >= 11 is 7.17. The number of carboxylic acids is 1. The van der Waals surface area contributed by atoms with Gasteiger partial charge in [-0.25, -0.2) is 4.98 Å². The molecule has 1 aliphatic rings. The number of halogens is 1. The molecule has 1 aromatic heterocycles. The molecular formula is C11H15ClN2O2S. The number of thiazole rings is 1. The lowest BCUT2D eigenvalue weighted by molar-refractivity contribution is -0.142. The number of nitrogens with one attached hydrogen (secondary N) is 1. The average Bonchev–Trinajstić information content (AvgIpc) is 2.55. The minimum absolute atomic E-state index is 0.0304. The Morgan fingerprint density at radius 1 is 1.47 bits per heavy atom. The molecule has 1 aliphatic carbocycles. The summed E-state index contributed by atoms with van der Waals surface area (Å²) in [5, 5.41) is 15.4. The van der Waals surface area contributed by atoms with Gasteiger partial charge in [-0.05, 0) is 12.8 Å². The van der Waals surface area contributed by atoms with Crippen LogP contribution in [0.3, 0.4) is 0 Å². The molecule has 1 heterocycles. The zero-order valence-corrected chi connectivity index (χ0v) is 10.9. The normalized spacial score (nSPS) is 25.2. The van der Waals surface area contributed by atoms with E-state index in [4.69, 9.17) is 11.6 Å². The third-order valence-corrected chi connectivity index (χ3v) is 4.21. The molecule has 0 saturated heterocycles. The predicted octanol–water partition coefficient (Wildman–Crippen LogP) is 3.24. The first-order valence-electron chi connectivity index (χ1n) is 5.77. The van der Waals surface area contributed by atoms with Gasteiger partial charge >= 0.3 is 5.97 Å². The van der Waals surface area contributed by atoms with E-state index in [1.165, 1.54) is 11.3 Å². The highest BCUT2D eigenvalue weighted by atomic mass is 35.5. The van der Waals surface area contributed by atoms with Crippen LogP contribution in [-0.4, -0.2) is 22.1 Å². The van der Waals surface area contributed by atoms with Gasteiger partial charge in [0.15, 0.2) is 5.13 Å². The lowest BCUT2D eigenvalue weighted by Crippen LogP contribution is -2.33. The Morgan fingerprint density at radius 3 is 2.88 bits per heavy atom. The highest BCUT2D eigenvalue weighted by molar-refractivity contribution is 7.14. The fourth-order valence-corrected chi connectivity index (χ4v) is 3.16. The van der Waals surface area contributed by atoms with E-state index in [1.807, 2.05) is 0 Å². The van der Waals surface area contributed by atoms with Gasteiger partial charge in [0.05, 0.1) is 5.92 Å². The van der Waals surface area contributed by atoms with Crippen LogP contribution in [0.2, 0.25) is 5.15 Å². The number of hydrogen-bond donors (Lipinski definition) is 2. The number of nitrogens with zero attached hydrogens (tertiary/aromatic N) is 1. The highest BCUT2D eigenvalue weighted by Gasteiger charge is 2.29. The van der Waals surface area contributed by atoms with Crippen LogP contribution in [0.15, 0.2) is 5.38 Å². The fourth-order valence-electron chi connectivity index (χ4n) is 2.26. The molecule has 4 nitrogen and oxygen atoms in total. The molecule has 2 atom stereocenters. The van der Waals surface area contributed by atoms with E-state index in [0.717, 1.165) is 32.1 Å². The Labute approximate surface area is 109 Å². The summed E-state index contributed by atoms with van der Waals surface area (Å²) in [5.41, 5.74) is 0. The molecule has 2 N–H and O–H groups in total. The van der Waals surface area contributed by atoms with E-state index >= 15 is 0 Å². The van der Waals surface area contributed by atoms with E-state index in [1.54, 1.807) is 5.38 Å². The molecule has 1 aromatic rings. The number of carboxylic acid groups (broad SMARTS) is 1. The topological polar surface area (TPSA) is 62.2 Å². The third-order valence-electron chi connectivity index (χ3n) is 3.12. The zero-order valence-electron chi connectivity index (χ0n) is 9.36. The summed E-state index contributed by atoms with van der Waals surface area (Å²) in [4.78, 5) is 15.3. The largest absolute Gasteiger partial charge is 0.481 e. The van der Waals surface area contributed by atoms with Crippen molar-refractivity contribution in [3.05, 3.63) is 10.5 Å². The van der Waals surface area contributed by atoms with Crippen molar-refractivity contribution >= 4 is 34.0 Å². The van der Waals surface area contributed by atoms with Gasteiger partial charge < -0.3 is 10.4 Å². The van der Waals surface area contributed by atoms with Crippen LogP contribution in [0.25, 0.3) is 0 Å². The molecule has 1 saturated carbocycles. The maximum atomic E-state index is 11.2. The van der Waals surface area contributed by atoms with E-state index in [9.17, 15) is 9.90 Å². The fraction of sp³-hybridized carbons (Fsp3) is 0.636. The van der Waals surface area contributed by atoms with Crippen molar-refractivity contribution in [2.75, 3.05) is 5.32 Å². The van der Waals surface area contributed by atoms with Gasteiger partial charge in [-0.3, -0.25) is 4.79 Å². The van der Waals surface area contributed by atoms with Gasteiger partial charge in [-0.1, -0.05) is 30.9 Å². The maximum absolute atomic E-state index is 11.2. The van der Waals surface area contributed by atoms with Crippen LogP contribution >= 0.6 is 22.9 Å². The maximum Gasteiger partial charge on any atom is 0.308 e. The first-order valence-corrected chi connectivity index (χ1v) is 7.03. The summed E-state index contributed by atoms with van der Waals surface area (Å²) in [6.07, 6.45) is 4.80. The summed E-state index contributed by atoms with van der Waals surface area (Å²) in [7, 11) is 0. The molecule has 1 fully saturated rings. The molecule has 0 radical (unpaired) electrons. The van der Waals surface area contributed by atoms with Crippen LogP contribution in [0.4, 0.5) is 5.13 Å². The minimum atomic E-state index is -0.716. The zero-order chi connectivity index (χ0) is 12.3. The van der Waals surface area contributed by atoms with Gasteiger partial charge in [-0.15, -0.1) is 11.3 Å². The van der Waals surface area contributed by atoms with E-state index < -0.39 is 5.97 Å². The molecule has 94 valence electrons. The Bertz CT molecular complexity index is 397. The van der Waals surface area contributed by atoms with Crippen molar-refractivity contribution in [3.8, 4) is 0 Å². The number of carbonyl (C=O) groups is 1. The average molecular weight is 275 g/mol. The van der Waals surface area contributed by atoms with E-state index in [-0.39, 0.29) is 12.0 Å². The molecule has 0 bridgehead atoms. The standard InChI is InChI=1S/C11H15ClN2O2S/c12-9-6-17-11(14-9)13-8-5-3-1-2-4-7(8)10(15)16/h6-8H,1-5H2,(H,13,14)(H,15,16). The Morgan fingerprint density at radius 2 is 2.24 bits per heavy atom. The quantitative estimate of drug-likeness (QED) is 0.831. The molecule has 2 rings (SSSR count). The Kier molecular flexibility index (Phi) is 4.23. The van der Waals surface area contributed by atoms with E-state index in [0.29, 0.717) is 10.3 Å². The molecule has 0 amide bonds. The first-order chi connectivity index (χ1) is 8.16. The first kappa shape index (κ1) is 12.6. The Hall–Kier alpha value is -0.810. The van der Waals surface area contributed by atoms with Gasteiger partial charge in [-0.2, -0.15) is 0 Å². The van der Waals surface area contributed by atoms with Gasteiger partial charge in [0.25, 0.3) is 0 Å². The van der Waals surface area contributed by atoms with Crippen LogP contribution in [0.1, 0.15) is 32.1 Å². The second-order valence-corrected chi connectivity index (χ2v) is 5.55. The minimum Gasteiger partial charge on any atom is -0.481 e. The second kappa shape index (κ2) is 5.69. The number of anilines is 1. The van der Waals surface area contributed by atoms with E-state index in [2.05, 4.69) is 10.3 Å². The number of aliphatic carboxylic acids is 1. The summed E-state index contributed by atoms with van der Waals surface area (Å²) in [6.45, 7) is 0. The monoisotopic (exact) mass is 274 g/mol. The van der Waals surface area contributed by atoms with Gasteiger partial charge in [0.2, 0.25) is 0 Å². The third kappa shape index (κ3) is 3.33. The smallest absolute Gasteiger partial charge is 0.308 e. The molecule has 0 spiro atoms. The van der Waals surface area contributed by atoms with Gasteiger partial charge in [0.1, 0.15) is 5.15 Å². The van der Waals surface area contributed by atoms with Crippen molar-refractivity contribution in [2.45, 2.75) is 38.1 Å². The van der Waals surface area contributed by atoms with Crippen LogP contribution < -0.4 is 5.32 Å². The predicted molar refractivity (Wildman–Crippen MR) is 68.7 cm³/mol. The van der Waals surface area contributed by atoms with Crippen LogP contribution in [0, 0.1) is 5.92 Å². The number of rotatable bonds is 3. The molecule has 0 aromatic carbocycles. The van der Waals surface area contributed by atoms with Crippen molar-refractivity contribution in [2.24, 2.45) is 5.92 Å². The molecule has 0 aliphatic heterocycles. The SMILES string of the molecule is O=C(O)C1CCCCCC1Nc1nc(Cl)cs1. The molecule has 17 heavy (non-hydrogen) atoms. The van der Waals surface area contributed by atoms with Gasteiger partial charge in [0, 0.05) is 11.4 Å². The summed E-state index contributed by atoms with van der Waals surface area (Å²) in [5.74, 6) is -1.03.